The van der Waals surface area contributed by atoms with Crippen LogP contribution in [0.5, 0.6) is 5.75 Å². The van der Waals surface area contributed by atoms with Crippen LogP contribution in [0.2, 0.25) is 0 Å². The summed E-state index contributed by atoms with van der Waals surface area (Å²) in [5.41, 5.74) is 7.15. The lowest BCUT2D eigenvalue weighted by molar-refractivity contribution is 0.00694. The van der Waals surface area contributed by atoms with Crippen LogP contribution in [0, 0.1) is 11.8 Å². The van der Waals surface area contributed by atoms with Gasteiger partial charge in [0.1, 0.15) is 5.75 Å². The molecule has 4 N–H and O–H groups in total. The number of primary amides is 1. The van der Waals surface area contributed by atoms with Crippen LogP contribution in [0.25, 0.3) is 11.8 Å². The summed E-state index contributed by atoms with van der Waals surface area (Å²) in [5.74, 6) is 6.49. The third-order valence-corrected chi connectivity index (χ3v) is 8.44. The number of hydrogen-bond donors (Lipinski definition) is 3. The van der Waals surface area contributed by atoms with Gasteiger partial charge >= 0.3 is 0 Å². The van der Waals surface area contributed by atoms with E-state index >= 15 is 0 Å². The van der Waals surface area contributed by atoms with Gasteiger partial charge in [0, 0.05) is 53.5 Å². The largest absolute Gasteiger partial charge is 0.495 e. The third kappa shape index (κ3) is 7.31. The van der Waals surface area contributed by atoms with Crippen LogP contribution in [0.4, 0.5) is 10.1 Å². The van der Waals surface area contributed by atoms with Crippen molar-refractivity contribution in [2.75, 3.05) is 45.3 Å². The van der Waals surface area contributed by atoms with Crippen molar-refractivity contribution in [1.29, 1.82) is 0 Å². The summed E-state index contributed by atoms with van der Waals surface area (Å²) in [7, 11) is 3.15. The summed E-state index contributed by atoms with van der Waals surface area (Å²) < 4.78 is 27.9. The summed E-state index contributed by atoms with van der Waals surface area (Å²) in [6, 6.07) is 8.25. The number of rotatable bonds is 9. The Morgan fingerprint density at radius 3 is 2.69 bits per heavy atom. The summed E-state index contributed by atoms with van der Waals surface area (Å²) in [6.45, 7) is 5.99. The molecule has 0 spiro atoms. The molecule has 3 aliphatic rings. The van der Waals surface area contributed by atoms with E-state index in [1.807, 2.05) is 4.57 Å². The molecule has 42 heavy (non-hydrogen) atoms. The second-order valence-electron chi connectivity index (χ2n) is 12.1. The molecule has 1 aliphatic heterocycles. The second kappa shape index (κ2) is 13.3. The molecule has 0 bridgehead atoms. The number of nitrogens with zero attached hydrogens (tertiary/aromatic N) is 2. The number of methoxy groups -OCH3 is 1. The van der Waals surface area contributed by atoms with Gasteiger partial charge in [-0.05, 0) is 75.6 Å². The monoisotopic (exact) mass is 575 g/mol. The SMILES string of the molecule is BC(C)(F)Cn1c(C#CCNc2ccc(C(N)=O)cc2OC)cc2c1=CCCC=2NC1CCC(N2CCOCC2)CC1. The van der Waals surface area contributed by atoms with Gasteiger partial charge in [0.15, 0.2) is 7.85 Å². The normalized spacial score (nSPS) is 22.1. The molecule has 0 radical (unpaired) electrons. The summed E-state index contributed by atoms with van der Waals surface area (Å²) in [4.78, 5) is 14.1. The zero-order valence-electron chi connectivity index (χ0n) is 25.1. The molecular formula is C32H43BFN5O3. The summed E-state index contributed by atoms with van der Waals surface area (Å²) in [5, 5.41) is 9.34. The van der Waals surface area contributed by atoms with E-state index in [-0.39, 0.29) is 6.54 Å². The van der Waals surface area contributed by atoms with Gasteiger partial charge in [-0.3, -0.25) is 14.1 Å². The Morgan fingerprint density at radius 2 is 2.00 bits per heavy atom. The molecule has 1 atom stereocenters. The molecule has 1 amide bonds. The number of amides is 1. The average Bonchev–Trinajstić information content (AvgIpc) is 3.32. The number of halogens is 1. The van der Waals surface area contributed by atoms with Gasteiger partial charge in [0.05, 0.1) is 43.8 Å². The molecule has 2 heterocycles. The number of nitrogens with one attached hydrogen (secondary N) is 2. The highest BCUT2D eigenvalue weighted by atomic mass is 19.1. The van der Waals surface area contributed by atoms with Crippen LogP contribution >= 0.6 is 0 Å². The van der Waals surface area contributed by atoms with Crippen molar-refractivity contribution in [3.8, 4) is 17.6 Å². The fourth-order valence-electron chi connectivity index (χ4n) is 6.35. The molecule has 5 rings (SSSR count). The molecular weight excluding hydrogens is 532 g/mol. The number of carbonyl (C=O) groups excluding carboxylic acids is 1. The topological polar surface area (TPSA) is 93.8 Å². The second-order valence-corrected chi connectivity index (χ2v) is 12.1. The number of carbonyl (C=O) groups is 1. The van der Waals surface area contributed by atoms with E-state index in [0.717, 1.165) is 68.2 Å². The van der Waals surface area contributed by atoms with Crippen LogP contribution in [-0.2, 0) is 11.3 Å². The van der Waals surface area contributed by atoms with Gasteiger partial charge in [0.2, 0.25) is 5.91 Å². The van der Waals surface area contributed by atoms with E-state index in [0.29, 0.717) is 35.6 Å². The Balaban J connectivity index is 1.33. The van der Waals surface area contributed by atoms with Crippen molar-refractivity contribution < 1.29 is 18.7 Å². The number of anilines is 1. The third-order valence-electron chi connectivity index (χ3n) is 8.44. The Hall–Kier alpha value is -3.42. The van der Waals surface area contributed by atoms with Crippen molar-refractivity contribution in [2.24, 2.45) is 5.73 Å². The predicted molar refractivity (Wildman–Crippen MR) is 167 cm³/mol. The van der Waals surface area contributed by atoms with Crippen LogP contribution in [0.15, 0.2) is 24.3 Å². The number of hydrogen-bond acceptors (Lipinski definition) is 6. The van der Waals surface area contributed by atoms with Crippen LogP contribution in [0.3, 0.4) is 0 Å². The van der Waals surface area contributed by atoms with Gasteiger partial charge in [-0.15, -0.1) is 0 Å². The van der Waals surface area contributed by atoms with E-state index in [2.05, 4.69) is 39.5 Å². The number of alkyl halides is 1. The standard InChI is InChI=1S/C32H43BFN5O3/c1-32(33,34)21-39-25(5-4-14-36-28-13-8-22(31(35)40)19-30(28)41-2)20-26-27(6-3-7-29(26)39)37-23-9-11-24(12-10-23)38-15-17-42-18-16-38/h7-8,13,19-20,23-24,36-37H,3,6,9-12,14-18,21,33H2,1-2H3,(H2,35,40). The fourth-order valence-corrected chi connectivity index (χ4v) is 6.35. The minimum atomic E-state index is -1.38. The fraction of sp³-hybridized carbons (Fsp3) is 0.531. The van der Waals surface area contributed by atoms with E-state index < -0.39 is 11.5 Å². The maximum atomic E-state index is 15.0. The van der Waals surface area contributed by atoms with E-state index in [1.165, 1.54) is 18.5 Å². The first-order chi connectivity index (χ1) is 20.2. The molecule has 1 aromatic carbocycles. The van der Waals surface area contributed by atoms with Gasteiger partial charge in [-0.2, -0.15) is 0 Å². The van der Waals surface area contributed by atoms with Crippen LogP contribution < -0.4 is 31.7 Å². The molecule has 224 valence electrons. The van der Waals surface area contributed by atoms with Gasteiger partial charge < -0.3 is 30.4 Å². The highest BCUT2D eigenvalue weighted by molar-refractivity contribution is 6.14. The minimum absolute atomic E-state index is 0.233. The number of aromatic nitrogens is 1. The number of fused-ring (bicyclic) bond motifs is 1. The summed E-state index contributed by atoms with van der Waals surface area (Å²) in [6.07, 6.45) is 8.83. The van der Waals surface area contributed by atoms with Gasteiger partial charge in [0.25, 0.3) is 0 Å². The Morgan fingerprint density at radius 1 is 1.24 bits per heavy atom. The van der Waals surface area contributed by atoms with Crippen LogP contribution in [0.1, 0.15) is 61.5 Å². The molecule has 8 nitrogen and oxygen atoms in total. The predicted octanol–water partition coefficient (Wildman–Crippen LogP) is 1.29. The molecule has 2 aliphatic carbocycles. The van der Waals surface area contributed by atoms with Crippen molar-refractivity contribution in [3.05, 3.63) is 46.1 Å². The Bertz CT molecular complexity index is 1460. The highest BCUT2D eigenvalue weighted by Gasteiger charge is 2.28. The lowest BCUT2D eigenvalue weighted by Gasteiger charge is -2.39. The summed E-state index contributed by atoms with van der Waals surface area (Å²) >= 11 is 0. The van der Waals surface area contributed by atoms with Crippen molar-refractivity contribution in [3.63, 3.8) is 0 Å². The lowest BCUT2D eigenvalue weighted by Crippen LogP contribution is -2.47. The van der Waals surface area contributed by atoms with E-state index in [4.69, 9.17) is 15.2 Å². The molecule has 10 heteroatoms. The first-order valence-corrected chi connectivity index (χ1v) is 15.1. The van der Waals surface area contributed by atoms with Crippen molar-refractivity contribution in [1.82, 2.24) is 14.8 Å². The van der Waals surface area contributed by atoms with Gasteiger partial charge in [-0.1, -0.05) is 12.0 Å². The molecule has 2 aromatic rings. The zero-order chi connectivity index (χ0) is 29.7. The Labute approximate surface area is 248 Å². The molecule has 1 unspecified atom stereocenters. The lowest BCUT2D eigenvalue weighted by atomic mass is 9.85. The van der Waals surface area contributed by atoms with Crippen LogP contribution in [-0.4, -0.2) is 80.8 Å². The van der Waals surface area contributed by atoms with Crippen molar-refractivity contribution >= 4 is 31.2 Å². The quantitative estimate of drug-likeness (QED) is 0.309. The number of ether oxygens (including phenoxy) is 2. The molecule has 1 aromatic heterocycles. The average molecular weight is 576 g/mol. The van der Waals surface area contributed by atoms with Gasteiger partial charge in [-0.25, -0.2) is 0 Å². The maximum Gasteiger partial charge on any atom is 0.248 e. The smallest absolute Gasteiger partial charge is 0.248 e. The zero-order valence-corrected chi connectivity index (χ0v) is 25.1. The molecule has 1 saturated heterocycles. The minimum Gasteiger partial charge on any atom is -0.495 e. The first-order valence-electron chi connectivity index (χ1n) is 15.1. The Kier molecular flexibility index (Phi) is 9.49. The van der Waals surface area contributed by atoms with E-state index in [9.17, 15) is 9.18 Å². The number of benzene rings is 1. The maximum absolute atomic E-state index is 15.0. The first kappa shape index (κ1) is 30.1. The van der Waals surface area contributed by atoms with E-state index in [1.54, 1.807) is 40.1 Å². The number of morpholine rings is 1. The van der Waals surface area contributed by atoms with Crippen molar-refractivity contribution in [2.45, 2.75) is 69.6 Å². The highest BCUT2D eigenvalue weighted by Crippen LogP contribution is 2.26. The molecule has 2 fully saturated rings. The number of nitrogens with two attached hydrogens (primary N) is 1. The molecule has 1 saturated carbocycles.